The average molecular weight is 556 g/mol. The maximum Gasteiger partial charge on any atom is 0.472 e. The molecule has 0 bridgehead atoms. The Labute approximate surface area is 229 Å². The molecule has 37 heavy (non-hydrogen) atoms. The fraction of sp³-hybridized carbons (Fsp3) is 1.00. The normalized spacial score (nSPS) is 15.2. The highest BCUT2D eigenvalue weighted by molar-refractivity contribution is 7.47. The molecule has 0 spiro atoms. The summed E-state index contributed by atoms with van der Waals surface area (Å²) in [4.78, 5) is 9.96. The summed E-state index contributed by atoms with van der Waals surface area (Å²) in [5, 5.41) is 0. The second-order valence-electron chi connectivity index (χ2n) is 11.4. The highest BCUT2D eigenvalue weighted by Gasteiger charge is 2.28. The van der Waals surface area contributed by atoms with E-state index in [1.165, 1.54) is 96.3 Å². The molecule has 226 valence electrons. The van der Waals surface area contributed by atoms with Gasteiger partial charge in [0.25, 0.3) is 0 Å². The third kappa shape index (κ3) is 28.8. The van der Waals surface area contributed by atoms with Crippen LogP contribution in [0.25, 0.3) is 0 Å². The maximum absolute atomic E-state index is 12.2. The van der Waals surface area contributed by atoms with Gasteiger partial charge in [-0.15, -0.1) is 0 Å². The molecule has 0 amide bonds. The van der Waals surface area contributed by atoms with E-state index in [-0.39, 0.29) is 12.1 Å². The van der Waals surface area contributed by atoms with Crippen molar-refractivity contribution in [2.24, 2.45) is 0 Å². The fourth-order valence-electron chi connectivity index (χ4n) is 4.39. The Kier molecular flexibility index (Phi) is 26.4. The second kappa shape index (κ2) is 25.0. The third-order valence-corrected chi connectivity index (χ3v) is 7.42. The first-order chi connectivity index (χ1) is 17.1. The van der Waals surface area contributed by atoms with Gasteiger partial charge in [0, 0.05) is 13.7 Å². The van der Waals surface area contributed by atoms with Gasteiger partial charge in [-0.05, 0) is 13.3 Å². The first kappa shape index (κ1) is 39.1. The molecular weight excluding hydrogens is 493 g/mol. The summed E-state index contributed by atoms with van der Waals surface area (Å²) in [6, 6.07) is 0. The molecule has 0 heterocycles. The van der Waals surface area contributed by atoms with Gasteiger partial charge in [-0.25, -0.2) is 4.57 Å². The van der Waals surface area contributed by atoms with E-state index < -0.39 is 20.0 Å². The topological polar surface area (TPSA) is 104 Å². The number of methoxy groups -OCH3 is 1. The van der Waals surface area contributed by atoms with E-state index in [9.17, 15) is 9.46 Å². The largest absolute Gasteiger partial charge is 0.870 e. The van der Waals surface area contributed by atoms with Gasteiger partial charge < -0.3 is 24.3 Å². The molecule has 0 aliphatic carbocycles. The number of hydrogen-bond acceptors (Lipinski definition) is 6. The van der Waals surface area contributed by atoms with Crippen LogP contribution in [0.1, 0.15) is 117 Å². The first-order valence-corrected chi connectivity index (χ1v) is 16.2. The maximum atomic E-state index is 12.2. The van der Waals surface area contributed by atoms with Crippen LogP contribution in [0.4, 0.5) is 0 Å². The minimum absolute atomic E-state index is 0. The molecule has 0 aliphatic rings. The predicted molar refractivity (Wildman–Crippen MR) is 152 cm³/mol. The number of unbranched alkanes of at least 4 members (excludes halogenated alkanes) is 15. The number of nitrogens with zero attached hydrogens (tertiary/aromatic N) is 1. The summed E-state index contributed by atoms with van der Waals surface area (Å²) in [6.45, 7) is 5.61. The van der Waals surface area contributed by atoms with Crippen molar-refractivity contribution in [2.45, 2.75) is 129 Å². The smallest absolute Gasteiger partial charge is 0.472 e. The summed E-state index contributed by atoms with van der Waals surface area (Å²) in [6.07, 6.45) is 20.8. The molecule has 0 rings (SSSR count). The molecule has 0 aromatic rings. The van der Waals surface area contributed by atoms with Gasteiger partial charge in [-0.1, -0.05) is 103 Å². The zero-order chi connectivity index (χ0) is 27.1. The van der Waals surface area contributed by atoms with Crippen LogP contribution < -0.4 is 0 Å². The third-order valence-electron chi connectivity index (χ3n) is 6.32. The highest BCUT2D eigenvalue weighted by atomic mass is 31.2. The van der Waals surface area contributed by atoms with Crippen LogP contribution in [0, 0.1) is 0 Å². The number of phosphoric acid groups is 1. The Hall–Kier alpha value is -0.0500. The van der Waals surface area contributed by atoms with Crippen molar-refractivity contribution in [3.05, 3.63) is 0 Å². The lowest BCUT2D eigenvalue weighted by Gasteiger charge is -2.28. The van der Waals surface area contributed by atoms with Gasteiger partial charge in [-0.3, -0.25) is 9.05 Å². The quantitative estimate of drug-likeness (QED) is 0.0643. The van der Waals surface area contributed by atoms with Crippen molar-refractivity contribution in [2.75, 3.05) is 54.6 Å². The first-order valence-electron chi connectivity index (χ1n) is 14.7. The zero-order valence-electron chi connectivity index (χ0n) is 25.1. The van der Waals surface area contributed by atoms with Gasteiger partial charge >= 0.3 is 7.82 Å². The monoisotopic (exact) mass is 555 g/mol. The van der Waals surface area contributed by atoms with Crippen LogP contribution in [0.3, 0.4) is 0 Å². The molecule has 2 N–H and O–H groups in total. The Balaban J connectivity index is 0. The lowest BCUT2D eigenvalue weighted by molar-refractivity contribution is -0.873. The second-order valence-corrected chi connectivity index (χ2v) is 12.8. The molecule has 0 aliphatic heterocycles. The van der Waals surface area contributed by atoms with E-state index in [4.69, 9.17) is 18.5 Å². The number of hydrogen-bond donors (Lipinski definition) is 1. The fourth-order valence-corrected chi connectivity index (χ4v) is 5.33. The molecule has 0 saturated heterocycles. The van der Waals surface area contributed by atoms with Crippen LogP contribution in [-0.4, -0.2) is 81.7 Å². The number of ether oxygens (including phenoxy) is 2. The summed E-state index contributed by atoms with van der Waals surface area (Å²) in [7, 11) is 3.43. The lowest BCUT2D eigenvalue weighted by atomic mass is 10.0. The summed E-state index contributed by atoms with van der Waals surface area (Å²) in [5.41, 5.74) is 0. The van der Waals surface area contributed by atoms with Crippen molar-refractivity contribution in [1.29, 1.82) is 0 Å². The number of phosphoric ester groups is 1. The predicted octanol–water partition coefficient (Wildman–Crippen LogP) is 7.33. The van der Waals surface area contributed by atoms with Crippen LogP contribution in [0.15, 0.2) is 0 Å². The van der Waals surface area contributed by atoms with E-state index in [0.717, 1.165) is 6.42 Å². The minimum Gasteiger partial charge on any atom is -0.870 e. The van der Waals surface area contributed by atoms with Crippen molar-refractivity contribution in [3.63, 3.8) is 0 Å². The Morgan fingerprint density at radius 2 is 1.19 bits per heavy atom. The van der Waals surface area contributed by atoms with Crippen LogP contribution in [-0.2, 0) is 23.1 Å². The molecule has 0 radical (unpaired) electrons. The minimum atomic E-state index is -4.13. The Bertz CT molecular complexity index is 531. The van der Waals surface area contributed by atoms with Crippen LogP contribution in [0.2, 0.25) is 0 Å². The molecule has 2 unspecified atom stereocenters. The molecular formula is C28H62NO7P. The van der Waals surface area contributed by atoms with Crippen molar-refractivity contribution < 1.29 is 37.9 Å². The Morgan fingerprint density at radius 3 is 1.59 bits per heavy atom. The summed E-state index contributed by atoms with van der Waals surface area (Å²) < 4.78 is 34.2. The zero-order valence-corrected chi connectivity index (χ0v) is 26.0. The van der Waals surface area contributed by atoms with Gasteiger partial charge in [-0.2, -0.15) is 0 Å². The molecule has 0 aromatic carbocycles. The van der Waals surface area contributed by atoms with Crippen molar-refractivity contribution >= 4 is 7.82 Å². The lowest BCUT2D eigenvalue weighted by Crippen LogP contribution is -2.41. The van der Waals surface area contributed by atoms with Crippen molar-refractivity contribution in [3.8, 4) is 0 Å². The summed E-state index contributed by atoms with van der Waals surface area (Å²) in [5.74, 6) is 0. The molecule has 3 atom stereocenters. The van der Waals surface area contributed by atoms with E-state index >= 15 is 0 Å². The SMILES string of the molecule is CCCCCCCCCCCCCCCCCCOCC(COP(=O)(O)O[C@H](C)C[N+](C)(C)C)OC.[OH-]. The molecule has 0 aromatic heterocycles. The van der Waals surface area contributed by atoms with E-state index in [0.29, 0.717) is 24.2 Å². The number of likely N-dealkylation sites (N-methyl/N-ethyl adjacent to an activating group) is 1. The molecule has 0 saturated carbocycles. The van der Waals surface area contributed by atoms with Gasteiger partial charge in [0.05, 0.1) is 34.4 Å². The van der Waals surface area contributed by atoms with Crippen LogP contribution >= 0.6 is 7.82 Å². The number of quaternary nitrogens is 1. The molecule has 9 heteroatoms. The van der Waals surface area contributed by atoms with Crippen LogP contribution in [0.5, 0.6) is 0 Å². The van der Waals surface area contributed by atoms with E-state index in [2.05, 4.69) is 6.92 Å². The van der Waals surface area contributed by atoms with Crippen molar-refractivity contribution in [1.82, 2.24) is 0 Å². The standard InChI is InChI=1S/C28H60NO6P.H2O/c1-7-8-9-10-11-12-13-14-15-16-17-18-19-20-21-22-23-33-25-28(32-6)26-34-36(30,31)35-27(2)24-29(3,4)5;/h27-28H,7-26H2,1-6H3;1H2/t27-,28?;/m1./s1. The summed E-state index contributed by atoms with van der Waals surface area (Å²) >= 11 is 0. The molecule has 0 fully saturated rings. The Morgan fingerprint density at radius 1 is 0.757 bits per heavy atom. The highest BCUT2D eigenvalue weighted by Crippen LogP contribution is 2.44. The average Bonchev–Trinajstić information content (AvgIpc) is 2.78. The van der Waals surface area contributed by atoms with E-state index in [1.807, 2.05) is 21.1 Å². The van der Waals surface area contributed by atoms with Gasteiger partial charge in [0.1, 0.15) is 18.8 Å². The number of rotatable bonds is 27. The van der Waals surface area contributed by atoms with E-state index in [1.54, 1.807) is 14.0 Å². The van der Waals surface area contributed by atoms with Gasteiger partial charge in [0.2, 0.25) is 0 Å². The van der Waals surface area contributed by atoms with Gasteiger partial charge in [0.15, 0.2) is 0 Å². The molecule has 8 nitrogen and oxygen atoms in total.